The summed E-state index contributed by atoms with van der Waals surface area (Å²) < 4.78 is 12.4. The summed E-state index contributed by atoms with van der Waals surface area (Å²) in [6.07, 6.45) is 8.04. The van der Waals surface area contributed by atoms with Gasteiger partial charge in [-0.05, 0) is 31.7 Å². The van der Waals surface area contributed by atoms with Crippen LogP contribution < -0.4 is 0 Å². The minimum atomic E-state index is 0.0624. The number of hydrogen-bond donors (Lipinski definition) is 0. The molecular formula is C18H25N3O3. The van der Waals surface area contributed by atoms with Crippen molar-refractivity contribution in [2.75, 3.05) is 26.8 Å². The molecule has 1 saturated heterocycles. The summed E-state index contributed by atoms with van der Waals surface area (Å²) in [7, 11) is 1.71. The first-order valence-corrected chi connectivity index (χ1v) is 8.50. The normalized spacial score (nSPS) is 18.1. The molecule has 0 spiro atoms. The molecule has 0 N–H and O–H groups in total. The van der Waals surface area contributed by atoms with Gasteiger partial charge in [0.15, 0.2) is 0 Å². The van der Waals surface area contributed by atoms with Crippen molar-refractivity contribution in [2.45, 2.75) is 32.7 Å². The van der Waals surface area contributed by atoms with Crippen LogP contribution in [0.3, 0.4) is 0 Å². The first-order chi connectivity index (χ1) is 11.7. The van der Waals surface area contributed by atoms with Crippen molar-refractivity contribution < 1.29 is 13.9 Å². The number of furan rings is 1. The lowest BCUT2D eigenvalue weighted by Crippen LogP contribution is -2.40. The highest BCUT2D eigenvalue weighted by Crippen LogP contribution is 2.22. The van der Waals surface area contributed by atoms with Crippen LogP contribution in [0.4, 0.5) is 0 Å². The monoisotopic (exact) mass is 331 g/mol. The molecule has 0 bridgehead atoms. The molecule has 0 saturated carbocycles. The minimum Gasteiger partial charge on any atom is -0.472 e. The van der Waals surface area contributed by atoms with Gasteiger partial charge in [-0.3, -0.25) is 4.79 Å². The summed E-state index contributed by atoms with van der Waals surface area (Å²) in [5.74, 6) is 1.59. The number of hydrogen-bond acceptors (Lipinski definition) is 4. The average molecular weight is 331 g/mol. The van der Waals surface area contributed by atoms with Gasteiger partial charge in [-0.2, -0.15) is 0 Å². The van der Waals surface area contributed by atoms with E-state index in [4.69, 9.17) is 9.15 Å². The number of imidazole rings is 1. The fourth-order valence-corrected chi connectivity index (χ4v) is 3.40. The van der Waals surface area contributed by atoms with Gasteiger partial charge in [0, 0.05) is 45.1 Å². The van der Waals surface area contributed by atoms with Crippen LogP contribution in [0.15, 0.2) is 29.2 Å². The maximum Gasteiger partial charge on any atom is 0.257 e. The zero-order chi connectivity index (χ0) is 16.9. The second-order valence-electron chi connectivity index (χ2n) is 6.44. The van der Waals surface area contributed by atoms with Crippen LogP contribution in [0.5, 0.6) is 0 Å². The molecule has 1 unspecified atom stereocenters. The van der Waals surface area contributed by atoms with Gasteiger partial charge in [-0.1, -0.05) is 0 Å². The summed E-state index contributed by atoms with van der Waals surface area (Å²) >= 11 is 0. The number of aromatic nitrogens is 2. The predicted molar refractivity (Wildman–Crippen MR) is 89.9 cm³/mol. The number of piperidine rings is 1. The molecular weight excluding hydrogens is 306 g/mol. The zero-order valence-electron chi connectivity index (χ0n) is 14.4. The molecule has 24 heavy (non-hydrogen) atoms. The molecule has 130 valence electrons. The third-order valence-corrected chi connectivity index (χ3v) is 4.70. The standard InChI is InChI=1S/C18H25N3O3/c1-14-11-19-17(21(14)7-9-23-2)10-15-4-3-6-20(12-15)18(22)16-5-8-24-13-16/h5,8,11,13,15H,3-4,6-7,9-10,12H2,1-2H3. The van der Waals surface area contributed by atoms with E-state index in [0.717, 1.165) is 50.4 Å². The highest BCUT2D eigenvalue weighted by atomic mass is 16.5. The summed E-state index contributed by atoms with van der Waals surface area (Å²) in [6, 6.07) is 1.73. The third kappa shape index (κ3) is 3.70. The molecule has 2 aromatic heterocycles. The Morgan fingerprint density at radius 1 is 1.50 bits per heavy atom. The number of aryl methyl sites for hydroxylation is 1. The Morgan fingerprint density at radius 3 is 3.12 bits per heavy atom. The van der Waals surface area contributed by atoms with E-state index in [0.29, 0.717) is 18.1 Å². The minimum absolute atomic E-state index is 0.0624. The third-order valence-electron chi connectivity index (χ3n) is 4.70. The van der Waals surface area contributed by atoms with Gasteiger partial charge in [0.2, 0.25) is 0 Å². The Kier molecular flexibility index (Phi) is 5.35. The van der Waals surface area contributed by atoms with E-state index >= 15 is 0 Å². The second-order valence-corrected chi connectivity index (χ2v) is 6.44. The van der Waals surface area contributed by atoms with Crippen LogP contribution in [0.2, 0.25) is 0 Å². The molecule has 0 aliphatic carbocycles. The number of amides is 1. The van der Waals surface area contributed by atoms with Crippen LogP contribution in [0, 0.1) is 12.8 Å². The lowest BCUT2D eigenvalue weighted by molar-refractivity contribution is 0.0670. The summed E-state index contributed by atoms with van der Waals surface area (Å²) in [4.78, 5) is 19.0. The molecule has 2 aromatic rings. The van der Waals surface area contributed by atoms with Crippen molar-refractivity contribution in [1.29, 1.82) is 0 Å². The van der Waals surface area contributed by atoms with Crippen molar-refractivity contribution in [3.05, 3.63) is 41.9 Å². The molecule has 3 heterocycles. The molecule has 1 fully saturated rings. The predicted octanol–water partition coefficient (Wildman–Crippen LogP) is 2.53. The van der Waals surface area contributed by atoms with E-state index in [9.17, 15) is 4.79 Å². The number of ether oxygens (including phenoxy) is 1. The lowest BCUT2D eigenvalue weighted by Gasteiger charge is -2.32. The van der Waals surface area contributed by atoms with E-state index < -0.39 is 0 Å². The number of likely N-dealkylation sites (tertiary alicyclic amines) is 1. The van der Waals surface area contributed by atoms with Crippen molar-refractivity contribution >= 4 is 5.91 Å². The Morgan fingerprint density at radius 2 is 2.38 bits per heavy atom. The summed E-state index contributed by atoms with van der Waals surface area (Å²) in [5, 5.41) is 0. The van der Waals surface area contributed by atoms with Crippen LogP contribution >= 0.6 is 0 Å². The molecule has 0 radical (unpaired) electrons. The van der Waals surface area contributed by atoms with Crippen molar-refractivity contribution in [1.82, 2.24) is 14.5 Å². The fraction of sp³-hybridized carbons (Fsp3) is 0.556. The molecule has 6 heteroatoms. The Balaban J connectivity index is 1.64. The van der Waals surface area contributed by atoms with Gasteiger partial charge in [-0.25, -0.2) is 4.98 Å². The highest BCUT2D eigenvalue weighted by Gasteiger charge is 2.26. The Labute approximate surface area is 142 Å². The molecule has 1 atom stereocenters. The Hall–Kier alpha value is -2.08. The van der Waals surface area contributed by atoms with Gasteiger partial charge in [-0.15, -0.1) is 0 Å². The van der Waals surface area contributed by atoms with Crippen LogP contribution in [-0.4, -0.2) is 47.2 Å². The topological polar surface area (TPSA) is 60.5 Å². The quantitative estimate of drug-likeness (QED) is 0.816. The molecule has 0 aromatic carbocycles. The van der Waals surface area contributed by atoms with E-state index in [1.807, 2.05) is 11.1 Å². The van der Waals surface area contributed by atoms with E-state index in [1.165, 1.54) is 6.26 Å². The van der Waals surface area contributed by atoms with Crippen molar-refractivity contribution in [2.24, 2.45) is 5.92 Å². The number of carbonyl (C=O) groups excluding carboxylic acids is 1. The summed E-state index contributed by atoms with van der Waals surface area (Å²) in [5.41, 5.74) is 1.79. The van der Waals surface area contributed by atoms with Gasteiger partial charge in [0.25, 0.3) is 5.91 Å². The first kappa shape index (κ1) is 16.8. The SMILES string of the molecule is COCCn1c(C)cnc1CC1CCCN(C(=O)c2ccoc2)C1. The smallest absolute Gasteiger partial charge is 0.257 e. The van der Waals surface area contributed by atoms with Gasteiger partial charge < -0.3 is 18.6 Å². The lowest BCUT2D eigenvalue weighted by atomic mass is 9.94. The van der Waals surface area contributed by atoms with Crippen LogP contribution in [0.25, 0.3) is 0 Å². The number of nitrogens with zero attached hydrogens (tertiary/aromatic N) is 3. The van der Waals surface area contributed by atoms with Gasteiger partial charge >= 0.3 is 0 Å². The van der Waals surface area contributed by atoms with Crippen LogP contribution in [-0.2, 0) is 17.7 Å². The molecule has 1 amide bonds. The maximum atomic E-state index is 12.5. The van der Waals surface area contributed by atoms with E-state index in [1.54, 1.807) is 19.4 Å². The highest BCUT2D eigenvalue weighted by molar-refractivity contribution is 5.93. The van der Waals surface area contributed by atoms with Crippen LogP contribution in [0.1, 0.15) is 34.7 Å². The first-order valence-electron chi connectivity index (χ1n) is 8.50. The van der Waals surface area contributed by atoms with E-state index in [2.05, 4.69) is 16.5 Å². The van der Waals surface area contributed by atoms with Crippen molar-refractivity contribution in [3.63, 3.8) is 0 Å². The largest absolute Gasteiger partial charge is 0.472 e. The molecule has 1 aliphatic rings. The summed E-state index contributed by atoms with van der Waals surface area (Å²) in [6.45, 7) is 5.17. The molecule has 1 aliphatic heterocycles. The number of rotatable bonds is 6. The number of methoxy groups -OCH3 is 1. The second kappa shape index (κ2) is 7.66. The van der Waals surface area contributed by atoms with Crippen molar-refractivity contribution in [3.8, 4) is 0 Å². The van der Waals surface area contributed by atoms with Gasteiger partial charge in [0.1, 0.15) is 12.1 Å². The molecule has 3 rings (SSSR count). The van der Waals surface area contributed by atoms with E-state index in [-0.39, 0.29) is 5.91 Å². The molecule has 6 nitrogen and oxygen atoms in total. The average Bonchev–Trinajstić information content (AvgIpc) is 3.24. The Bertz CT molecular complexity index is 663. The van der Waals surface area contributed by atoms with Gasteiger partial charge in [0.05, 0.1) is 18.4 Å². The fourth-order valence-electron chi connectivity index (χ4n) is 3.40. The number of carbonyl (C=O) groups is 1. The maximum absolute atomic E-state index is 12.5. The zero-order valence-corrected chi connectivity index (χ0v) is 14.4.